The highest BCUT2D eigenvalue weighted by molar-refractivity contribution is 7.12. The number of rotatable bonds is 5. The monoisotopic (exact) mass is 266 g/mol. The predicted molar refractivity (Wildman–Crippen MR) is 79.9 cm³/mol. The van der Waals surface area contributed by atoms with E-state index in [0.29, 0.717) is 12.0 Å². The molecule has 2 heterocycles. The number of aryl methyl sites for hydroxylation is 1. The molecular formula is C15H26N2S. The van der Waals surface area contributed by atoms with Gasteiger partial charge in [-0.1, -0.05) is 13.8 Å². The van der Waals surface area contributed by atoms with Crippen LogP contribution in [-0.4, -0.2) is 18.0 Å². The molecule has 2 nitrogen and oxygen atoms in total. The van der Waals surface area contributed by atoms with E-state index in [2.05, 4.69) is 31.7 Å². The second-order valence-corrected chi connectivity index (χ2v) is 7.01. The first-order chi connectivity index (χ1) is 8.62. The van der Waals surface area contributed by atoms with Gasteiger partial charge in [0.15, 0.2) is 0 Å². The highest BCUT2D eigenvalue weighted by atomic mass is 32.1. The van der Waals surface area contributed by atoms with Crippen molar-refractivity contribution in [2.24, 2.45) is 11.1 Å². The zero-order valence-corrected chi connectivity index (χ0v) is 12.8. The molecule has 0 aromatic carbocycles. The van der Waals surface area contributed by atoms with Crippen LogP contribution in [0.25, 0.3) is 0 Å². The molecule has 0 unspecified atom stereocenters. The number of thiophene rings is 1. The Kier molecular flexibility index (Phi) is 4.46. The van der Waals surface area contributed by atoms with Gasteiger partial charge in [0, 0.05) is 29.4 Å². The van der Waals surface area contributed by atoms with Gasteiger partial charge < -0.3 is 5.73 Å². The molecule has 0 spiro atoms. The van der Waals surface area contributed by atoms with Crippen LogP contribution in [0.2, 0.25) is 0 Å². The van der Waals surface area contributed by atoms with E-state index in [1.165, 1.54) is 47.7 Å². The van der Waals surface area contributed by atoms with Gasteiger partial charge in [-0.25, -0.2) is 0 Å². The van der Waals surface area contributed by atoms with E-state index < -0.39 is 0 Å². The van der Waals surface area contributed by atoms with Gasteiger partial charge in [-0.05, 0) is 49.8 Å². The van der Waals surface area contributed by atoms with Gasteiger partial charge >= 0.3 is 0 Å². The van der Waals surface area contributed by atoms with Gasteiger partial charge in [-0.3, -0.25) is 4.90 Å². The van der Waals surface area contributed by atoms with Crippen molar-refractivity contribution in [3.63, 3.8) is 0 Å². The molecule has 0 atom stereocenters. The molecule has 0 saturated carbocycles. The van der Waals surface area contributed by atoms with Crippen LogP contribution in [0, 0.1) is 12.3 Å². The van der Waals surface area contributed by atoms with E-state index in [0.717, 1.165) is 6.54 Å². The number of hydrogen-bond donors (Lipinski definition) is 1. The Bertz CT molecular complexity index is 393. The maximum Gasteiger partial charge on any atom is 0.0274 e. The minimum Gasteiger partial charge on any atom is -0.326 e. The minimum absolute atomic E-state index is 0.584. The SMILES string of the molecule is CCC1(CC)CCN(Cc2cc(CN)sc2C)C1. The van der Waals surface area contributed by atoms with Crippen molar-refractivity contribution in [3.05, 3.63) is 21.4 Å². The second-order valence-electron chi connectivity index (χ2n) is 5.67. The largest absolute Gasteiger partial charge is 0.326 e. The van der Waals surface area contributed by atoms with Crippen molar-refractivity contribution >= 4 is 11.3 Å². The smallest absolute Gasteiger partial charge is 0.0274 e. The molecule has 0 bridgehead atoms. The first-order valence-electron chi connectivity index (χ1n) is 7.13. The molecule has 1 fully saturated rings. The van der Waals surface area contributed by atoms with Gasteiger partial charge in [0.1, 0.15) is 0 Å². The second kappa shape index (κ2) is 5.72. The number of likely N-dealkylation sites (tertiary alicyclic amines) is 1. The van der Waals surface area contributed by atoms with Crippen LogP contribution in [0.1, 0.15) is 48.4 Å². The van der Waals surface area contributed by atoms with Crippen molar-refractivity contribution < 1.29 is 0 Å². The fraction of sp³-hybridized carbons (Fsp3) is 0.733. The average Bonchev–Trinajstić information content (AvgIpc) is 2.95. The quantitative estimate of drug-likeness (QED) is 0.883. The van der Waals surface area contributed by atoms with E-state index in [9.17, 15) is 0 Å². The Hall–Kier alpha value is -0.380. The standard InChI is InChI=1S/C15H26N2S/c1-4-15(5-2)6-7-17(11-15)10-13-8-14(9-16)18-12(13)3/h8H,4-7,9-11,16H2,1-3H3. The number of nitrogens with two attached hydrogens (primary N) is 1. The van der Waals surface area contributed by atoms with Gasteiger partial charge in [-0.15, -0.1) is 11.3 Å². The van der Waals surface area contributed by atoms with Crippen LogP contribution in [0.5, 0.6) is 0 Å². The van der Waals surface area contributed by atoms with Gasteiger partial charge in [0.25, 0.3) is 0 Å². The molecule has 1 aliphatic heterocycles. The summed E-state index contributed by atoms with van der Waals surface area (Å²) in [6, 6.07) is 2.30. The summed E-state index contributed by atoms with van der Waals surface area (Å²) in [4.78, 5) is 5.39. The molecule has 1 aromatic rings. The topological polar surface area (TPSA) is 29.3 Å². The summed E-state index contributed by atoms with van der Waals surface area (Å²) in [5.74, 6) is 0. The van der Waals surface area contributed by atoms with E-state index in [1.807, 2.05) is 11.3 Å². The highest BCUT2D eigenvalue weighted by Gasteiger charge is 2.34. The molecule has 2 N–H and O–H groups in total. The van der Waals surface area contributed by atoms with Gasteiger partial charge in [0.05, 0.1) is 0 Å². The zero-order chi connectivity index (χ0) is 13.2. The Morgan fingerprint density at radius 3 is 2.61 bits per heavy atom. The molecule has 0 radical (unpaired) electrons. The molecule has 0 amide bonds. The first-order valence-corrected chi connectivity index (χ1v) is 7.94. The molecule has 1 aliphatic rings. The molecule has 2 rings (SSSR count). The van der Waals surface area contributed by atoms with E-state index in [1.54, 1.807) is 0 Å². The average molecular weight is 266 g/mol. The summed E-state index contributed by atoms with van der Waals surface area (Å²) >= 11 is 1.86. The van der Waals surface area contributed by atoms with Gasteiger partial charge in [0.2, 0.25) is 0 Å². The lowest BCUT2D eigenvalue weighted by Gasteiger charge is -2.26. The molecule has 1 saturated heterocycles. The van der Waals surface area contributed by atoms with Crippen molar-refractivity contribution in [1.29, 1.82) is 0 Å². The third kappa shape index (κ3) is 2.79. The lowest BCUT2D eigenvalue weighted by atomic mass is 9.82. The predicted octanol–water partition coefficient (Wildman–Crippen LogP) is 3.53. The minimum atomic E-state index is 0.584. The summed E-state index contributed by atoms with van der Waals surface area (Å²) in [6.07, 6.45) is 4.00. The summed E-state index contributed by atoms with van der Waals surface area (Å²) in [5, 5.41) is 0. The summed E-state index contributed by atoms with van der Waals surface area (Å²) in [5.41, 5.74) is 7.80. The summed E-state index contributed by atoms with van der Waals surface area (Å²) in [6.45, 7) is 11.2. The molecular weight excluding hydrogens is 240 g/mol. The van der Waals surface area contributed by atoms with Crippen LogP contribution in [0.3, 0.4) is 0 Å². The van der Waals surface area contributed by atoms with Crippen LogP contribution in [0.4, 0.5) is 0 Å². The third-order valence-corrected chi connectivity index (χ3v) is 5.80. The Morgan fingerprint density at radius 2 is 2.11 bits per heavy atom. The molecule has 102 valence electrons. The number of hydrogen-bond acceptors (Lipinski definition) is 3. The highest BCUT2D eigenvalue weighted by Crippen LogP contribution is 2.38. The van der Waals surface area contributed by atoms with Crippen molar-refractivity contribution in [2.75, 3.05) is 13.1 Å². The Balaban J connectivity index is 2.00. The fourth-order valence-corrected chi connectivity index (χ4v) is 4.01. The normalized spacial score (nSPS) is 19.6. The Labute approximate surface area is 115 Å². The van der Waals surface area contributed by atoms with Gasteiger partial charge in [-0.2, -0.15) is 0 Å². The zero-order valence-electron chi connectivity index (χ0n) is 12.0. The van der Waals surface area contributed by atoms with E-state index in [-0.39, 0.29) is 0 Å². The van der Waals surface area contributed by atoms with Crippen molar-refractivity contribution in [2.45, 2.75) is 53.1 Å². The molecule has 1 aromatic heterocycles. The maximum absolute atomic E-state index is 5.72. The van der Waals surface area contributed by atoms with E-state index in [4.69, 9.17) is 5.73 Å². The molecule has 18 heavy (non-hydrogen) atoms. The molecule has 3 heteroatoms. The molecule has 0 aliphatic carbocycles. The van der Waals surface area contributed by atoms with Crippen LogP contribution < -0.4 is 5.73 Å². The summed E-state index contributed by atoms with van der Waals surface area (Å²) < 4.78 is 0. The van der Waals surface area contributed by atoms with Crippen LogP contribution in [0.15, 0.2) is 6.07 Å². The fourth-order valence-electron chi connectivity index (χ4n) is 3.08. The summed E-state index contributed by atoms with van der Waals surface area (Å²) in [7, 11) is 0. The third-order valence-electron chi connectivity index (χ3n) is 4.68. The Morgan fingerprint density at radius 1 is 1.39 bits per heavy atom. The van der Waals surface area contributed by atoms with Crippen molar-refractivity contribution in [1.82, 2.24) is 4.90 Å². The first kappa shape index (κ1) is 14.0. The van der Waals surface area contributed by atoms with E-state index >= 15 is 0 Å². The number of nitrogens with zero attached hydrogens (tertiary/aromatic N) is 1. The van der Waals surface area contributed by atoms with Crippen molar-refractivity contribution in [3.8, 4) is 0 Å². The van der Waals surface area contributed by atoms with Crippen LogP contribution in [-0.2, 0) is 13.1 Å². The lowest BCUT2D eigenvalue weighted by Crippen LogP contribution is -2.26. The maximum atomic E-state index is 5.72. The van der Waals surface area contributed by atoms with Crippen LogP contribution >= 0.6 is 11.3 Å². The lowest BCUT2D eigenvalue weighted by molar-refractivity contribution is 0.236.